The van der Waals surface area contributed by atoms with Gasteiger partial charge in [0.15, 0.2) is 17.4 Å². The minimum Gasteiger partial charge on any atom is -0.480 e. The first kappa shape index (κ1) is 24.8. The number of anilines is 1. The molecule has 1 saturated heterocycles. The van der Waals surface area contributed by atoms with Gasteiger partial charge in [0.2, 0.25) is 0 Å². The summed E-state index contributed by atoms with van der Waals surface area (Å²) in [6.45, 7) is -0.310. The molecule has 17 heteroatoms. The molecule has 2 aromatic heterocycles. The average Bonchev–Trinajstić information content (AvgIpc) is 3.32. The fraction of sp³-hybridized carbons (Fsp3) is 0.562. The van der Waals surface area contributed by atoms with Gasteiger partial charge in [-0.3, -0.25) is 18.9 Å². The Kier molecular flexibility index (Phi) is 7.78. The number of ether oxygens (including phenoxy) is 1. The van der Waals surface area contributed by atoms with E-state index in [0.717, 1.165) is 0 Å². The van der Waals surface area contributed by atoms with Crippen LogP contribution in [0.5, 0.6) is 0 Å². The molecule has 1 unspecified atom stereocenters. The lowest BCUT2D eigenvalue weighted by Crippen LogP contribution is -2.36. The molecule has 182 valence electrons. The van der Waals surface area contributed by atoms with Crippen molar-refractivity contribution in [1.29, 1.82) is 0 Å². The number of guanidine groups is 1. The maximum Gasteiger partial charge on any atom is 0.403 e. The molecule has 5 atom stereocenters. The molecule has 1 aliphatic heterocycles. The van der Waals surface area contributed by atoms with Crippen molar-refractivity contribution in [3.8, 4) is 0 Å². The number of nitrogens with two attached hydrogens (primary N) is 3. The quantitative estimate of drug-likeness (QED) is 0.0804. The number of aliphatic imine (C=N–C) groups is 1. The molecule has 0 bridgehead atoms. The van der Waals surface area contributed by atoms with Crippen LogP contribution in [0.2, 0.25) is 0 Å². The number of hydrogen-bond acceptors (Lipinski definition) is 10. The number of rotatable bonds is 11. The number of hydrogen-bond donors (Lipinski definition) is 7. The van der Waals surface area contributed by atoms with Crippen molar-refractivity contribution in [2.45, 2.75) is 43.7 Å². The maximum absolute atomic E-state index is 12.4. The van der Waals surface area contributed by atoms with Gasteiger partial charge in [0.25, 0.3) is 0 Å². The summed E-state index contributed by atoms with van der Waals surface area (Å²) in [7, 11) is -4.54. The first-order chi connectivity index (χ1) is 15.6. The Labute approximate surface area is 187 Å². The molecule has 0 amide bonds. The van der Waals surface area contributed by atoms with E-state index in [-0.39, 0.29) is 37.6 Å². The number of aliphatic hydroxyl groups excluding tert-OH is 1. The Morgan fingerprint density at radius 2 is 2.18 bits per heavy atom. The maximum atomic E-state index is 12.4. The van der Waals surface area contributed by atoms with Gasteiger partial charge in [-0.2, -0.15) is 0 Å². The number of imidazole rings is 1. The van der Waals surface area contributed by atoms with Crippen LogP contribution in [-0.4, -0.2) is 78.0 Å². The van der Waals surface area contributed by atoms with Gasteiger partial charge >= 0.3 is 13.7 Å². The monoisotopic (exact) mass is 487 g/mol. The molecule has 16 nitrogen and oxygen atoms in total. The first-order valence-corrected chi connectivity index (χ1v) is 11.4. The summed E-state index contributed by atoms with van der Waals surface area (Å²) in [6, 6.07) is -1.38. The number of carbonyl (C=O) groups is 1. The zero-order valence-corrected chi connectivity index (χ0v) is 18.3. The van der Waals surface area contributed by atoms with Crippen LogP contribution in [0.3, 0.4) is 0 Å². The molecular formula is C16H26N9O7P. The van der Waals surface area contributed by atoms with Gasteiger partial charge in [-0.25, -0.2) is 24.6 Å². The van der Waals surface area contributed by atoms with E-state index in [9.17, 15) is 24.5 Å². The summed E-state index contributed by atoms with van der Waals surface area (Å²) in [5, 5.41) is 21.7. The van der Waals surface area contributed by atoms with Gasteiger partial charge in [0.1, 0.15) is 30.2 Å². The van der Waals surface area contributed by atoms with Crippen LogP contribution >= 0.6 is 7.75 Å². The lowest BCUT2D eigenvalue weighted by Gasteiger charge is -2.21. The molecule has 0 radical (unpaired) electrons. The SMILES string of the molecule is NC(N)=NCCC[C@H](NP(=O)(O)OC[C@H]1O[C@@H](n2cnc3c(N)ncnc32)C[C@@H]1O)C(=O)O. The van der Waals surface area contributed by atoms with E-state index in [2.05, 4.69) is 25.0 Å². The third kappa shape index (κ3) is 6.34. The highest BCUT2D eigenvalue weighted by atomic mass is 31.2. The van der Waals surface area contributed by atoms with Crippen molar-refractivity contribution >= 4 is 36.7 Å². The van der Waals surface area contributed by atoms with Crippen LogP contribution in [0.4, 0.5) is 5.82 Å². The number of carboxylic acids is 1. The van der Waals surface area contributed by atoms with Crippen LogP contribution < -0.4 is 22.3 Å². The number of aromatic nitrogens is 4. The molecule has 1 aliphatic rings. The molecule has 0 saturated carbocycles. The van der Waals surface area contributed by atoms with Crippen LogP contribution in [0, 0.1) is 0 Å². The predicted molar refractivity (Wildman–Crippen MR) is 115 cm³/mol. The van der Waals surface area contributed by atoms with Gasteiger partial charge < -0.3 is 37.0 Å². The van der Waals surface area contributed by atoms with Crippen molar-refractivity contribution in [3.63, 3.8) is 0 Å². The fourth-order valence-corrected chi connectivity index (χ4v) is 4.33. The van der Waals surface area contributed by atoms with E-state index in [1.165, 1.54) is 12.7 Å². The van der Waals surface area contributed by atoms with E-state index in [1.54, 1.807) is 4.57 Å². The molecule has 10 N–H and O–H groups in total. The summed E-state index contributed by atoms with van der Waals surface area (Å²) in [5.74, 6) is -1.29. The number of carboxylic acid groups (broad SMARTS) is 1. The molecule has 0 spiro atoms. The van der Waals surface area contributed by atoms with Crippen molar-refractivity contribution in [3.05, 3.63) is 12.7 Å². The summed E-state index contributed by atoms with van der Waals surface area (Å²) in [6.07, 6.45) is 0.404. The Bertz CT molecular complexity index is 1060. The normalized spacial score (nSPS) is 23.3. The largest absolute Gasteiger partial charge is 0.480 e. The fourth-order valence-electron chi connectivity index (χ4n) is 3.27. The van der Waals surface area contributed by atoms with Gasteiger partial charge in [-0.15, -0.1) is 0 Å². The van der Waals surface area contributed by atoms with Gasteiger partial charge in [-0.05, 0) is 12.8 Å². The molecule has 3 heterocycles. The minimum atomic E-state index is -4.54. The highest BCUT2D eigenvalue weighted by molar-refractivity contribution is 7.50. The summed E-state index contributed by atoms with van der Waals surface area (Å²) >= 11 is 0. The van der Waals surface area contributed by atoms with Crippen molar-refractivity contribution in [2.24, 2.45) is 16.5 Å². The smallest absolute Gasteiger partial charge is 0.403 e. The molecule has 0 aromatic carbocycles. The number of nitrogens with one attached hydrogen (secondary N) is 1. The van der Waals surface area contributed by atoms with Crippen LogP contribution in [0.25, 0.3) is 11.2 Å². The Morgan fingerprint density at radius 3 is 2.88 bits per heavy atom. The summed E-state index contributed by atoms with van der Waals surface area (Å²) < 4.78 is 24.7. The number of fused-ring (bicyclic) bond motifs is 1. The molecule has 1 fully saturated rings. The molecular weight excluding hydrogens is 461 g/mol. The predicted octanol–water partition coefficient (Wildman–Crippen LogP) is -1.73. The van der Waals surface area contributed by atoms with Crippen LogP contribution in [-0.2, 0) is 18.6 Å². The summed E-state index contributed by atoms with van der Waals surface area (Å²) in [5.41, 5.74) is 16.9. The molecule has 2 aromatic rings. The second-order valence-corrected chi connectivity index (χ2v) is 8.86. The average molecular weight is 487 g/mol. The standard InChI is InChI=1S/C16H26N9O7P/c17-13-12-14(22-6-21-13)25(7-23-12)11-4-9(26)10(32-11)5-31-33(29,30)24-8(15(27)28)2-1-3-20-16(18)19/h6-11,26H,1-5H2,(H,27,28)(H2,17,21,22)(H4,18,19,20)(H2,24,29,30)/t8-,9-,10+,11+/m0/s1. The zero-order valence-electron chi connectivity index (χ0n) is 17.4. The number of aliphatic carboxylic acids is 1. The molecule has 0 aliphatic carbocycles. The minimum absolute atomic E-state index is 0.0245. The van der Waals surface area contributed by atoms with E-state index in [1.807, 2.05) is 0 Å². The first-order valence-electron chi connectivity index (χ1n) is 9.87. The molecule has 33 heavy (non-hydrogen) atoms. The number of aliphatic hydroxyl groups is 1. The van der Waals surface area contributed by atoms with Gasteiger partial charge in [0, 0.05) is 13.0 Å². The van der Waals surface area contributed by atoms with E-state index in [4.69, 9.17) is 26.5 Å². The lowest BCUT2D eigenvalue weighted by atomic mass is 10.2. The van der Waals surface area contributed by atoms with Crippen molar-refractivity contribution in [1.82, 2.24) is 24.6 Å². The van der Waals surface area contributed by atoms with Gasteiger partial charge in [-0.1, -0.05) is 0 Å². The Hall–Kier alpha value is -2.88. The lowest BCUT2D eigenvalue weighted by molar-refractivity contribution is -0.139. The summed E-state index contributed by atoms with van der Waals surface area (Å²) in [4.78, 5) is 37.3. The third-order valence-electron chi connectivity index (χ3n) is 4.88. The number of nitrogens with zero attached hydrogens (tertiary/aromatic N) is 5. The second-order valence-electron chi connectivity index (χ2n) is 7.30. The zero-order chi connectivity index (χ0) is 24.2. The molecule has 3 rings (SSSR count). The van der Waals surface area contributed by atoms with E-state index in [0.29, 0.717) is 11.2 Å². The van der Waals surface area contributed by atoms with Gasteiger partial charge in [0.05, 0.1) is 19.0 Å². The van der Waals surface area contributed by atoms with Crippen LogP contribution in [0.1, 0.15) is 25.5 Å². The van der Waals surface area contributed by atoms with Crippen molar-refractivity contribution in [2.75, 3.05) is 18.9 Å². The Morgan fingerprint density at radius 1 is 1.42 bits per heavy atom. The second kappa shape index (κ2) is 10.4. The highest BCUT2D eigenvalue weighted by Crippen LogP contribution is 2.40. The number of nitrogen functional groups attached to an aromatic ring is 1. The van der Waals surface area contributed by atoms with E-state index < -0.39 is 44.8 Å². The topological polar surface area (TPSA) is 259 Å². The van der Waals surface area contributed by atoms with Crippen molar-refractivity contribution < 1.29 is 33.7 Å². The van der Waals surface area contributed by atoms with Crippen LogP contribution in [0.15, 0.2) is 17.6 Å². The highest BCUT2D eigenvalue weighted by Gasteiger charge is 2.38. The van der Waals surface area contributed by atoms with E-state index >= 15 is 0 Å². The Balaban J connectivity index is 1.56. The third-order valence-corrected chi connectivity index (χ3v) is 6.01.